The number of carbonyl (C=O) groups is 1. The summed E-state index contributed by atoms with van der Waals surface area (Å²) in [5, 5.41) is 14.1. The van der Waals surface area contributed by atoms with Gasteiger partial charge in [-0.05, 0) is 23.6 Å². The fourth-order valence-corrected chi connectivity index (χ4v) is 1.52. The molecule has 7 heteroatoms. The Kier molecular flexibility index (Phi) is 5.82. The maximum atomic E-state index is 13.1. The molecule has 1 atom stereocenters. The molecule has 0 saturated carbocycles. The Labute approximate surface area is 115 Å². The zero-order valence-electron chi connectivity index (χ0n) is 11.2. The number of rotatable bonds is 5. The molecule has 1 aromatic rings. The van der Waals surface area contributed by atoms with Gasteiger partial charge in [0.25, 0.3) is 0 Å². The second-order valence-electron chi connectivity index (χ2n) is 4.78. The van der Waals surface area contributed by atoms with Crippen molar-refractivity contribution in [2.45, 2.75) is 19.9 Å². The molecule has 0 radical (unpaired) electrons. The molecular weight excluding hydrogens is 273 g/mol. The Balaban J connectivity index is 2.78. The van der Waals surface area contributed by atoms with E-state index in [1.807, 2.05) is 13.8 Å². The molecule has 0 heterocycles. The molecule has 4 nitrogen and oxygen atoms in total. The van der Waals surface area contributed by atoms with E-state index >= 15 is 0 Å². The Hall–Kier alpha value is -1.76. The van der Waals surface area contributed by atoms with Gasteiger partial charge in [0, 0.05) is 6.54 Å². The summed E-state index contributed by atoms with van der Waals surface area (Å²) in [6.07, 6.45) is 0. The van der Waals surface area contributed by atoms with Gasteiger partial charge in [-0.3, -0.25) is 0 Å². The largest absolute Gasteiger partial charge is 0.394 e. The zero-order chi connectivity index (χ0) is 15.3. The van der Waals surface area contributed by atoms with Crippen LogP contribution in [0.3, 0.4) is 0 Å². The van der Waals surface area contributed by atoms with Gasteiger partial charge in [-0.1, -0.05) is 13.8 Å². The molecule has 1 aromatic carbocycles. The first-order chi connectivity index (χ1) is 9.35. The number of amides is 2. The number of hydrogen-bond acceptors (Lipinski definition) is 2. The normalized spacial score (nSPS) is 12.3. The van der Waals surface area contributed by atoms with Gasteiger partial charge >= 0.3 is 6.03 Å². The van der Waals surface area contributed by atoms with Crippen LogP contribution in [0.4, 0.5) is 18.0 Å². The number of urea groups is 1. The number of aliphatic hydroxyl groups is 1. The third-order valence-corrected chi connectivity index (χ3v) is 2.57. The van der Waals surface area contributed by atoms with Gasteiger partial charge < -0.3 is 15.7 Å². The van der Waals surface area contributed by atoms with Gasteiger partial charge in [0.05, 0.1) is 12.6 Å². The predicted molar refractivity (Wildman–Crippen MR) is 67.5 cm³/mol. The summed E-state index contributed by atoms with van der Waals surface area (Å²) in [4.78, 5) is 11.5. The Bertz CT molecular complexity index is 458. The Morgan fingerprint density at radius 2 is 1.80 bits per heavy atom. The number of nitrogens with one attached hydrogen (secondary N) is 2. The van der Waals surface area contributed by atoms with E-state index in [0.717, 1.165) is 12.1 Å². The highest BCUT2D eigenvalue weighted by atomic mass is 19.2. The fraction of sp³-hybridized carbons (Fsp3) is 0.462. The number of carbonyl (C=O) groups excluding carboxylic acids is 1. The van der Waals surface area contributed by atoms with E-state index in [4.69, 9.17) is 0 Å². The summed E-state index contributed by atoms with van der Waals surface area (Å²) in [6, 6.07) is -0.126. The number of aliphatic hydroxyl groups excluding tert-OH is 1. The lowest BCUT2D eigenvalue weighted by molar-refractivity contribution is 0.215. The minimum Gasteiger partial charge on any atom is -0.394 e. The predicted octanol–water partition coefficient (Wildman–Crippen LogP) is 2.09. The van der Waals surface area contributed by atoms with Gasteiger partial charge in [0.1, 0.15) is 0 Å². The second kappa shape index (κ2) is 7.14. The van der Waals surface area contributed by atoms with E-state index in [2.05, 4.69) is 10.6 Å². The zero-order valence-corrected chi connectivity index (χ0v) is 11.2. The maximum absolute atomic E-state index is 13.1. The molecule has 0 spiro atoms. The van der Waals surface area contributed by atoms with Crippen molar-refractivity contribution in [3.8, 4) is 0 Å². The monoisotopic (exact) mass is 290 g/mol. The molecule has 0 aliphatic carbocycles. The van der Waals surface area contributed by atoms with Crippen LogP contribution in [0.15, 0.2) is 12.1 Å². The molecule has 0 fully saturated rings. The van der Waals surface area contributed by atoms with Crippen molar-refractivity contribution in [3.63, 3.8) is 0 Å². The van der Waals surface area contributed by atoms with E-state index in [0.29, 0.717) is 6.54 Å². The van der Waals surface area contributed by atoms with Crippen molar-refractivity contribution in [1.29, 1.82) is 0 Å². The van der Waals surface area contributed by atoms with E-state index in [1.165, 1.54) is 0 Å². The quantitative estimate of drug-likeness (QED) is 0.727. The average molecular weight is 290 g/mol. The standard InChI is InChI=1S/C13H17F3N2O2/c1-7(2)5-17-13(20)18-11(6-19)8-3-9(14)12(16)10(15)4-8/h3-4,7,11,19H,5-6H2,1-2H3,(H2,17,18,20). The summed E-state index contributed by atoms with van der Waals surface area (Å²) < 4.78 is 39.0. The second-order valence-corrected chi connectivity index (χ2v) is 4.78. The van der Waals surface area contributed by atoms with Crippen LogP contribution in [0.1, 0.15) is 25.5 Å². The third-order valence-electron chi connectivity index (χ3n) is 2.57. The Morgan fingerprint density at radius 3 is 2.25 bits per heavy atom. The summed E-state index contributed by atoms with van der Waals surface area (Å²) in [6.45, 7) is 3.64. The van der Waals surface area contributed by atoms with E-state index < -0.39 is 36.1 Å². The number of benzene rings is 1. The highest BCUT2D eigenvalue weighted by Gasteiger charge is 2.18. The van der Waals surface area contributed by atoms with Crippen molar-refractivity contribution in [2.24, 2.45) is 5.92 Å². The van der Waals surface area contributed by atoms with Crippen molar-refractivity contribution < 1.29 is 23.1 Å². The summed E-state index contributed by atoms with van der Waals surface area (Å²) in [7, 11) is 0. The van der Waals surface area contributed by atoms with Crippen LogP contribution in [-0.4, -0.2) is 24.3 Å². The number of hydrogen-bond donors (Lipinski definition) is 3. The van der Waals surface area contributed by atoms with Crippen LogP contribution in [0.5, 0.6) is 0 Å². The molecule has 0 aliphatic rings. The Morgan fingerprint density at radius 1 is 1.25 bits per heavy atom. The average Bonchev–Trinajstić information content (AvgIpc) is 2.39. The SMILES string of the molecule is CC(C)CNC(=O)NC(CO)c1cc(F)c(F)c(F)c1. The first-order valence-corrected chi connectivity index (χ1v) is 6.14. The first-order valence-electron chi connectivity index (χ1n) is 6.14. The van der Waals surface area contributed by atoms with Crippen LogP contribution >= 0.6 is 0 Å². The molecule has 0 saturated heterocycles. The molecule has 0 aromatic heterocycles. The molecule has 3 N–H and O–H groups in total. The third kappa shape index (κ3) is 4.41. The summed E-state index contributed by atoms with van der Waals surface area (Å²) >= 11 is 0. The minimum atomic E-state index is -1.59. The van der Waals surface area contributed by atoms with Gasteiger partial charge in [-0.2, -0.15) is 0 Å². The molecule has 112 valence electrons. The highest BCUT2D eigenvalue weighted by Crippen LogP contribution is 2.19. The number of halogens is 3. The molecule has 0 aliphatic heterocycles. The molecule has 0 bridgehead atoms. The fourth-order valence-electron chi connectivity index (χ4n) is 1.52. The van der Waals surface area contributed by atoms with E-state index in [9.17, 15) is 23.1 Å². The highest BCUT2D eigenvalue weighted by molar-refractivity contribution is 5.74. The molecule has 2 amide bonds. The molecule has 1 rings (SSSR count). The minimum absolute atomic E-state index is 0.0522. The van der Waals surface area contributed by atoms with Gasteiger partial charge in [0.2, 0.25) is 0 Å². The first kappa shape index (κ1) is 16.3. The van der Waals surface area contributed by atoms with E-state index in [1.54, 1.807) is 0 Å². The van der Waals surface area contributed by atoms with Crippen LogP contribution < -0.4 is 10.6 Å². The van der Waals surface area contributed by atoms with Crippen LogP contribution in [0.25, 0.3) is 0 Å². The lowest BCUT2D eigenvalue weighted by Crippen LogP contribution is -2.40. The van der Waals surface area contributed by atoms with Gasteiger partial charge in [0.15, 0.2) is 17.5 Å². The van der Waals surface area contributed by atoms with Crippen LogP contribution in [0, 0.1) is 23.4 Å². The summed E-state index contributed by atoms with van der Waals surface area (Å²) in [5.41, 5.74) is -0.0522. The van der Waals surface area contributed by atoms with E-state index in [-0.39, 0.29) is 11.5 Å². The van der Waals surface area contributed by atoms with Crippen molar-refractivity contribution >= 4 is 6.03 Å². The van der Waals surface area contributed by atoms with Crippen LogP contribution in [-0.2, 0) is 0 Å². The van der Waals surface area contributed by atoms with Gasteiger partial charge in [-0.25, -0.2) is 18.0 Å². The molecule has 20 heavy (non-hydrogen) atoms. The van der Waals surface area contributed by atoms with Crippen molar-refractivity contribution in [3.05, 3.63) is 35.1 Å². The smallest absolute Gasteiger partial charge is 0.315 e. The molecular formula is C13H17F3N2O2. The lowest BCUT2D eigenvalue weighted by atomic mass is 10.1. The topological polar surface area (TPSA) is 61.4 Å². The maximum Gasteiger partial charge on any atom is 0.315 e. The van der Waals surface area contributed by atoms with Crippen molar-refractivity contribution in [2.75, 3.05) is 13.2 Å². The van der Waals surface area contributed by atoms with Crippen molar-refractivity contribution in [1.82, 2.24) is 10.6 Å². The lowest BCUT2D eigenvalue weighted by Gasteiger charge is -2.18. The van der Waals surface area contributed by atoms with Crippen LogP contribution in [0.2, 0.25) is 0 Å². The summed E-state index contributed by atoms with van der Waals surface area (Å²) in [5.74, 6) is -4.10. The molecule has 1 unspecified atom stereocenters. The van der Waals surface area contributed by atoms with Gasteiger partial charge in [-0.15, -0.1) is 0 Å².